The van der Waals surface area contributed by atoms with Crippen LogP contribution in [-0.2, 0) is 15.7 Å². The lowest BCUT2D eigenvalue weighted by Gasteiger charge is -2.36. The summed E-state index contributed by atoms with van der Waals surface area (Å²) in [7, 11) is 0. The van der Waals surface area contributed by atoms with E-state index in [1.165, 1.54) is 12.1 Å². The van der Waals surface area contributed by atoms with Gasteiger partial charge in [-0.2, -0.15) is 13.2 Å². The number of anilines is 1. The molecule has 10 heteroatoms. The van der Waals surface area contributed by atoms with Crippen molar-refractivity contribution in [2.24, 2.45) is 5.92 Å². The number of benzene rings is 1. The van der Waals surface area contributed by atoms with Gasteiger partial charge in [0.05, 0.1) is 24.3 Å². The summed E-state index contributed by atoms with van der Waals surface area (Å²) in [5.74, 6) is 0.108. The van der Waals surface area contributed by atoms with E-state index >= 15 is 0 Å². The molecule has 3 rings (SSSR count). The highest BCUT2D eigenvalue weighted by Gasteiger charge is 2.36. The summed E-state index contributed by atoms with van der Waals surface area (Å²) in [4.78, 5) is 23.8. The Kier molecular flexibility index (Phi) is 7.19. The van der Waals surface area contributed by atoms with E-state index < -0.39 is 23.9 Å². The van der Waals surface area contributed by atoms with Crippen molar-refractivity contribution in [3.8, 4) is 0 Å². The molecule has 1 saturated heterocycles. The van der Waals surface area contributed by atoms with E-state index in [0.29, 0.717) is 25.8 Å². The largest absolute Gasteiger partial charge is 0.416 e. The molecule has 3 atom stereocenters. The third-order valence-corrected chi connectivity index (χ3v) is 5.29. The Hall–Kier alpha value is -2.33. The van der Waals surface area contributed by atoms with Crippen molar-refractivity contribution in [2.45, 2.75) is 56.5 Å². The molecule has 0 radical (unpaired) electrons. The minimum Gasteiger partial charge on any atom is -0.394 e. The Bertz CT molecular complexity index is 738. The fourth-order valence-electron chi connectivity index (χ4n) is 3.42. The highest BCUT2D eigenvalue weighted by molar-refractivity contribution is 5.89. The highest BCUT2D eigenvalue weighted by Crippen LogP contribution is 2.31. The molecule has 0 spiro atoms. The number of ether oxygens (including phenoxy) is 1. The van der Waals surface area contributed by atoms with Gasteiger partial charge in [0.1, 0.15) is 6.10 Å². The molecular formula is C20H26F3N3O4. The molecule has 2 aliphatic rings. The topological polar surface area (TPSA) is 99.7 Å². The Morgan fingerprint density at radius 1 is 1.10 bits per heavy atom. The van der Waals surface area contributed by atoms with Gasteiger partial charge >= 0.3 is 12.2 Å². The first-order valence-electron chi connectivity index (χ1n) is 10.0. The van der Waals surface area contributed by atoms with Crippen LogP contribution < -0.4 is 16.0 Å². The van der Waals surface area contributed by atoms with Crippen LogP contribution >= 0.6 is 0 Å². The Balaban J connectivity index is 1.37. The number of aliphatic hydroxyl groups is 1. The maximum atomic E-state index is 12.6. The molecule has 1 saturated carbocycles. The average Bonchev–Trinajstić information content (AvgIpc) is 3.54. The number of aliphatic hydroxyl groups excluding tert-OH is 1. The summed E-state index contributed by atoms with van der Waals surface area (Å²) in [6, 6.07) is 3.44. The predicted octanol–water partition coefficient (Wildman–Crippen LogP) is 2.65. The third-order valence-electron chi connectivity index (χ3n) is 5.29. The monoisotopic (exact) mass is 429 g/mol. The normalized spacial score (nSPS) is 24.2. The number of urea groups is 1. The fourth-order valence-corrected chi connectivity index (χ4v) is 3.42. The lowest BCUT2D eigenvalue weighted by Crippen LogP contribution is -2.51. The van der Waals surface area contributed by atoms with Crippen molar-refractivity contribution in [1.82, 2.24) is 10.6 Å². The van der Waals surface area contributed by atoms with Gasteiger partial charge in [0, 0.05) is 18.2 Å². The Labute approximate surface area is 172 Å². The molecule has 1 aromatic rings. The number of hydrogen-bond donors (Lipinski definition) is 4. The number of rotatable bonds is 7. The highest BCUT2D eigenvalue weighted by atomic mass is 19.4. The molecule has 4 N–H and O–H groups in total. The molecule has 0 aromatic heterocycles. The molecule has 2 fully saturated rings. The lowest BCUT2D eigenvalue weighted by atomic mass is 9.97. The maximum absolute atomic E-state index is 12.6. The number of halogens is 3. The molecule has 1 aliphatic heterocycles. The molecule has 0 unspecified atom stereocenters. The number of carbonyl (C=O) groups excluding carboxylic acids is 2. The van der Waals surface area contributed by atoms with Crippen LogP contribution in [0, 0.1) is 5.92 Å². The van der Waals surface area contributed by atoms with Crippen LogP contribution in [0.5, 0.6) is 0 Å². The average molecular weight is 429 g/mol. The van der Waals surface area contributed by atoms with Gasteiger partial charge in [0.25, 0.3) is 0 Å². The second kappa shape index (κ2) is 9.65. The molecule has 7 nitrogen and oxygen atoms in total. The van der Waals surface area contributed by atoms with Gasteiger partial charge in [-0.15, -0.1) is 0 Å². The molecule has 30 heavy (non-hydrogen) atoms. The second-order valence-corrected chi connectivity index (χ2v) is 7.69. The van der Waals surface area contributed by atoms with E-state index in [1.54, 1.807) is 0 Å². The van der Waals surface area contributed by atoms with Crippen LogP contribution in [0.2, 0.25) is 0 Å². The van der Waals surface area contributed by atoms with Gasteiger partial charge in [0.15, 0.2) is 0 Å². The minimum atomic E-state index is -4.42. The SMILES string of the molecule is O=C(NCC[C@@H]1CC[C@@H](NC(=O)C2CC2)[C@@H](CO)O1)Nc1ccc(C(F)(F)F)cc1. The summed E-state index contributed by atoms with van der Waals surface area (Å²) in [6.45, 7) is 0.0995. The summed E-state index contributed by atoms with van der Waals surface area (Å²) >= 11 is 0. The van der Waals surface area contributed by atoms with Gasteiger partial charge in [-0.1, -0.05) is 0 Å². The standard InChI is InChI=1S/C20H26F3N3O4/c21-20(22,23)13-3-5-14(6-4-13)25-19(29)24-10-9-15-7-8-16(17(11-27)30-15)26-18(28)12-1-2-12/h3-6,12,15-17,27H,1-2,7-11H2,(H,26,28)(H2,24,25,29)/t15-,16+,17+/m0/s1. The maximum Gasteiger partial charge on any atom is 0.416 e. The Morgan fingerprint density at radius 3 is 2.40 bits per heavy atom. The van der Waals surface area contributed by atoms with Crippen LogP contribution in [-0.4, -0.2) is 48.4 Å². The van der Waals surface area contributed by atoms with E-state index in [-0.39, 0.29) is 36.3 Å². The molecular weight excluding hydrogens is 403 g/mol. The van der Waals surface area contributed by atoms with Crippen molar-refractivity contribution in [1.29, 1.82) is 0 Å². The predicted molar refractivity (Wildman–Crippen MR) is 103 cm³/mol. The molecule has 1 aliphatic carbocycles. The van der Waals surface area contributed by atoms with Crippen molar-refractivity contribution in [3.05, 3.63) is 29.8 Å². The van der Waals surface area contributed by atoms with Crippen LogP contribution in [0.1, 0.15) is 37.7 Å². The molecule has 3 amide bonds. The first-order valence-corrected chi connectivity index (χ1v) is 10.0. The minimum absolute atomic E-state index is 0.0158. The molecule has 1 aromatic carbocycles. The van der Waals surface area contributed by atoms with E-state index in [9.17, 15) is 27.9 Å². The molecule has 1 heterocycles. The van der Waals surface area contributed by atoms with Crippen LogP contribution in [0.3, 0.4) is 0 Å². The summed E-state index contributed by atoms with van der Waals surface area (Å²) < 4.78 is 43.5. The molecule has 0 bridgehead atoms. The van der Waals surface area contributed by atoms with Gasteiger partial charge in [-0.25, -0.2) is 4.79 Å². The van der Waals surface area contributed by atoms with E-state index in [1.807, 2.05) is 0 Å². The molecule has 166 valence electrons. The van der Waals surface area contributed by atoms with Crippen molar-refractivity contribution in [3.63, 3.8) is 0 Å². The second-order valence-electron chi connectivity index (χ2n) is 7.69. The lowest BCUT2D eigenvalue weighted by molar-refractivity contribution is -0.137. The van der Waals surface area contributed by atoms with Crippen molar-refractivity contribution >= 4 is 17.6 Å². The number of nitrogens with one attached hydrogen (secondary N) is 3. The number of alkyl halides is 3. The third kappa shape index (κ3) is 6.33. The summed E-state index contributed by atoms with van der Waals surface area (Å²) in [5.41, 5.74) is -0.531. The zero-order chi connectivity index (χ0) is 21.7. The zero-order valence-electron chi connectivity index (χ0n) is 16.4. The fraction of sp³-hybridized carbons (Fsp3) is 0.600. The van der Waals surface area contributed by atoms with Crippen LogP contribution in [0.15, 0.2) is 24.3 Å². The van der Waals surface area contributed by atoms with Crippen molar-refractivity contribution < 1.29 is 32.6 Å². The summed E-state index contributed by atoms with van der Waals surface area (Å²) in [5, 5.41) is 17.6. The zero-order valence-corrected chi connectivity index (χ0v) is 16.4. The number of carbonyl (C=O) groups is 2. The van der Waals surface area contributed by atoms with E-state index in [0.717, 1.165) is 25.0 Å². The number of amides is 3. The first kappa shape index (κ1) is 22.4. The first-order chi connectivity index (χ1) is 14.3. The smallest absolute Gasteiger partial charge is 0.394 e. The van der Waals surface area contributed by atoms with Gasteiger partial charge < -0.3 is 25.8 Å². The van der Waals surface area contributed by atoms with Crippen LogP contribution in [0.4, 0.5) is 23.7 Å². The quantitative estimate of drug-likeness (QED) is 0.536. The Morgan fingerprint density at radius 2 is 1.80 bits per heavy atom. The van der Waals surface area contributed by atoms with Crippen LogP contribution in [0.25, 0.3) is 0 Å². The van der Waals surface area contributed by atoms with Crippen molar-refractivity contribution in [2.75, 3.05) is 18.5 Å². The van der Waals surface area contributed by atoms with Gasteiger partial charge in [0.2, 0.25) is 5.91 Å². The van der Waals surface area contributed by atoms with E-state index in [2.05, 4.69) is 16.0 Å². The van der Waals surface area contributed by atoms with E-state index in [4.69, 9.17) is 4.74 Å². The van der Waals surface area contributed by atoms with Gasteiger partial charge in [-0.3, -0.25) is 4.79 Å². The van der Waals surface area contributed by atoms with Gasteiger partial charge in [-0.05, 0) is 56.4 Å². The number of hydrogen-bond acceptors (Lipinski definition) is 4. The summed E-state index contributed by atoms with van der Waals surface area (Å²) in [6.07, 6.45) is -1.36.